The van der Waals surface area contributed by atoms with Gasteiger partial charge in [-0.15, -0.1) is 17.8 Å². The molecule has 0 bridgehead atoms. The predicted molar refractivity (Wildman–Crippen MR) is 61.1 cm³/mol. The van der Waals surface area contributed by atoms with Gasteiger partial charge in [0.05, 0.1) is 18.8 Å². The third-order valence-electron chi connectivity index (χ3n) is 2.18. The van der Waals surface area contributed by atoms with Crippen molar-refractivity contribution < 1.29 is 5.11 Å². The van der Waals surface area contributed by atoms with E-state index in [1.54, 1.807) is 0 Å². The summed E-state index contributed by atoms with van der Waals surface area (Å²) in [5.41, 5.74) is 0.781. The highest BCUT2D eigenvalue weighted by Crippen LogP contribution is 2.23. The van der Waals surface area contributed by atoms with Crippen LogP contribution in [-0.2, 0) is 6.61 Å². The maximum atomic E-state index is 9.31. The number of imidazole rings is 1. The number of aromatic nitrogens is 2. The Morgan fingerprint density at radius 2 is 2.53 bits per heavy atom. The van der Waals surface area contributed by atoms with Gasteiger partial charge in [0.1, 0.15) is 0 Å². The van der Waals surface area contributed by atoms with Crippen molar-refractivity contribution in [1.82, 2.24) is 9.38 Å². The minimum Gasteiger partial charge on any atom is -0.390 e. The molecule has 0 radical (unpaired) electrons. The maximum Gasteiger partial charge on any atom is 0.195 e. The third kappa shape index (κ3) is 1.58. The molecule has 5 heteroatoms. The zero-order valence-corrected chi connectivity index (χ0v) is 9.16. The molecule has 0 aliphatic carbocycles. The van der Waals surface area contributed by atoms with Crippen molar-refractivity contribution in [2.75, 3.05) is 18.5 Å². The lowest BCUT2D eigenvalue weighted by Crippen LogP contribution is -2.19. The van der Waals surface area contributed by atoms with Gasteiger partial charge in [-0.1, -0.05) is 5.92 Å². The SMILES string of the molecule is C#CCN(C)c1nc2sccn2c1CO. The van der Waals surface area contributed by atoms with Crippen LogP contribution in [0, 0.1) is 12.3 Å². The van der Waals surface area contributed by atoms with Crippen molar-refractivity contribution in [3.05, 3.63) is 17.3 Å². The lowest BCUT2D eigenvalue weighted by molar-refractivity contribution is 0.276. The largest absolute Gasteiger partial charge is 0.390 e. The molecule has 0 aromatic carbocycles. The van der Waals surface area contributed by atoms with Crippen LogP contribution in [0.5, 0.6) is 0 Å². The number of hydrogen-bond acceptors (Lipinski definition) is 4. The zero-order chi connectivity index (χ0) is 10.8. The highest BCUT2D eigenvalue weighted by Gasteiger charge is 2.14. The van der Waals surface area contributed by atoms with Gasteiger partial charge < -0.3 is 10.0 Å². The second-order valence-electron chi connectivity index (χ2n) is 3.16. The highest BCUT2D eigenvalue weighted by atomic mass is 32.1. The fourth-order valence-corrected chi connectivity index (χ4v) is 2.21. The van der Waals surface area contributed by atoms with Crippen molar-refractivity contribution in [1.29, 1.82) is 0 Å². The van der Waals surface area contributed by atoms with Gasteiger partial charge in [-0.3, -0.25) is 4.40 Å². The summed E-state index contributed by atoms with van der Waals surface area (Å²) in [6, 6.07) is 0. The van der Waals surface area contributed by atoms with Gasteiger partial charge in [-0.25, -0.2) is 4.98 Å². The van der Waals surface area contributed by atoms with Crippen LogP contribution >= 0.6 is 11.3 Å². The molecule has 0 aliphatic rings. The summed E-state index contributed by atoms with van der Waals surface area (Å²) in [5, 5.41) is 11.2. The molecule has 0 saturated heterocycles. The lowest BCUT2D eigenvalue weighted by atomic mass is 10.4. The van der Waals surface area contributed by atoms with Crippen LogP contribution in [0.1, 0.15) is 5.69 Å². The lowest BCUT2D eigenvalue weighted by Gasteiger charge is -2.13. The normalized spacial score (nSPS) is 10.5. The second-order valence-corrected chi connectivity index (χ2v) is 4.03. The number of thiazole rings is 1. The minimum atomic E-state index is -0.0395. The Balaban J connectivity index is 2.50. The van der Waals surface area contributed by atoms with Crippen molar-refractivity contribution in [2.24, 2.45) is 0 Å². The summed E-state index contributed by atoms with van der Waals surface area (Å²) in [4.78, 5) is 7.14. The molecule has 0 amide bonds. The Bertz CT molecular complexity index is 508. The van der Waals surface area contributed by atoms with Gasteiger partial charge >= 0.3 is 0 Å². The molecular weight excluding hydrogens is 210 g/mol. The fourth-order valence-electron chi connectivity index (χ4n) is 1.49. The van der Waals surface area contributed by atoms with E-state index in [1.807, 2.05) is 27.9 Å². The number of nitrogens with zero attached hydrogens (tertiary/aromatic N) is 3. The van der Waals surface area contributed by atoms with E-state index in [2.05, 4.69) is 10.9 Å². The molecule has 1 N–H and O–H groups in total. The van der Waals surface area contributed by atoms with Crippen LogP contribution in [0.4, 0.5) is 5.82 Å². The van der Waals surface area contributed by atoms with Gasteiger partial charge in [0.2, 0.25) is 0 Å². The molecule has 78 valence electrons. The predicted octanol–water partition coefficient (Wildman–Crippen LogP) is 0.958. The van der Waals surface area contributed by atoms with E-state index in [1.165, 1.54) is 11.3 Å². The van der Waals surface area contributed by atoms with Crippen LogP contribution in [-0.4, -0.2) is 28.1 Å². The van der Waals surface area contributed by atoms with Gasteiger partial charge in [0.15, 0.2) is 10.8 Å². The molecule has 0 unspecified atom stereocenters. The van der Waals surface area contributed by atoms with Gasteiger partial charge in [0, 0.05) is 18.6 Å². The number of rotatable bonds is 3. The van der Waals surface area contributed by atoms with Crippen molar-refractivity contribution in [2.45, 2.75) is 6.61 Å². The molecule has 2 heterocycles. The van der Waals surface area contributed by atoms with E-state index in [4.69, 9.17) is 6.42 Å². The molecule has 2 aromatic rings. The standard InChI is InChI=1S/C10H11N3OS/c1-3-4-12(2)9-8(7-14)13-5-6-15-10(13)11-9/h1,5-6,14H,4,7H2,2H3. The Morgan fingerprint density at radius 3 is 3.20 bits per heavy atom. The summed E-state index contributed by atoms with van der Waals surface area (Å²) < 4.78 is 1.88. The molecule has 0 spiro atoms. The van der Waals surface area contributed by atoms with E-state index >= 15 is 0 Å². The molecule has 4 nitrogen and oxygen atoms in total. The smallest absolute Gasteiger partial charge is 0.195 e. The molecule has 0 atom stereocenters. The highest BCUT2D eigenvalue weighted by molar-refractivity contribution is 7.15. The molecule has 2 aromatic heterocycles. The van der Waals surface area contributed by atoms with E-state index < -0.39 is 0 Å². The number of terminal acetylenes is 1. The van der Waals surface area contributed by atoms with Gasteiger partial charge in [-0.2, -0.15) is 0 Å². The van der Waals surface area contributed by atoms with Crippen LogP contribution in [0.2, 0.25) is 0 Å². The second kappa shape index (κ2) is 3.93. The van der Waals surface area contributed by atoms with Gasteiger partial charge in [0.25, 0.3) is 0 Å². The molecular formula is C10H11N3OS. The molecule has 0 aliphatic heterocycles. The Hall–Kier alpha value is -1.51. The molecule has 0 saturated carbocycles. The Labute approximate surface area is 91.8 Å². The summed E-state index contributed by atoms with van der Waals surface area (Å²) in [6.45, 7) is 0.444. The topological polar surface area (TPSA) is 40.8 Å². The molecule has 2 rings (SSSR count). The first-order valence-electron chi connectivity index (χ1n) is 4.47. The summed E-state index contributed by atoms with van der Waals surface area (Å²) >= 11 is 1.54. The number of hydrogen-bond donors (Lipinski definition) is 1. The van der Waals surface area contributed by atoms with Gasteiger partial charge in [-0.05, 0) is 0 Å². The number of anilines is 1. The van der Waals surface area contributed by atoms with E-state index in [0.717, 1.165) is 16.5 Å². The van der Waals surface area contributed by atoms with Crippen molar-refractivity contribution in [3.8, 4) is 12.3 Å². The van der Waals surface area contributed by atoms with Crippen LogP contribution in [0.3, 0.4) is 0 Å². The fraction of sp³-hybridized carbons (Fsp3) is 0.300. The van der Waals surface area contributed by atoms with Crippen LogP contribution < -0.4 is 4.90 Å². The number of fused-ring (bicyclic) bond motifs is 1. The Morgan fingerprint density at radius 1 is 1.73 bits per heavy atom. The van der Waals surface area contributed by atoms with Crippen molar-refractivity contribution in [3.63, 3.8) is 0 Å². The first kappa shape index (κ1) is 10.0. The summed E-state index contributed by atoms with van der Waals surface area (Å²) in [5.74, 6) is 3.30. The minimum absolute atomic E-state index is 0.0395. The maximum absolute atomic E-state index is 9.31. The van der Waals surface area contributed by atoms with E-state index in [9.17, 15) is 5.11 Å². The monoisotopic (exact) mass is 221 g/mol. The zero-order valence-electron chi connectivity index (χ0n) is 8.34. The number of aliphatic hydroxyl groups excluding tert-OH is 1. The molecule has 0 fully saturated rings. The third-order valence-corrected chi connectivity index (χ3v) is 2.94. The van der Waals surface area contributed by atoms with E-state index in [-0.39, 0.29) is 6.61 Å². The summed E-state index contributed by atoms with van der Waals surface area (Å²) in [6.07, 6.45) is 7.14. The average molecular weight is 221 g/mol. The number of aliphatic hydroxyl groups is 1. The average Bonchev–Trinajstić information content (AvgIpc) is 2.76. The first-order valence-corrected chi connectivity index (χ1v) is 5.35. The van der Waals surface area contributed by atoms with Crippen molar-refractivity contribution >= 4 is 22.1 Å². The van der Waals surface area contributed by atoms with E-state index in [0.29, 0.717) is 6.54 Å². The Kier molecular flexibility index (Phi) is 2.62. The van der Waals surface area contributed by atoms with Crippen LogP contribution in [0.15, 0.2) is 11.6 Å². The summed E-state index contributed by atoms with van der Waals surface area (Å²) in [7, 11) is 1.87. The first-order chi connectivity index (χ1) is 7.27. The van der Waals surface area contributed by atoms with Crippen LogP contribution in [0.25, 0.3) is 4.96 Å². The molecule has 15 heavy (non-hydrogen) atoms. The quantitative estimate of drug-likeness (QED) is 0.785.